The van der Waals surface area contributed by atoms with Crippen LogP contribution in [0.15, 0.2) is 48.9 Å². The van der Waals surface area contributed by atoms with Crippen molar-refractivity contribution in [2.24, 2.45) is 0 Å². The Morgan fingerprint density at radius 1 is 0.929 bits per heavy atom. The molecule has 6 rings (SSSR count). The van der Waals surface area contributed by atoms with Crippen LogP contribution in [0.3, 0.4) is 0 Å². The minimum atomic E-state index is 0.674. The quantitative estimate of drug-likeness (QED) is 0.504. The fraction of sp³-hybridized carbons (Fsp3) is 0.391. The average molecular weight is 371 g/mol. The number of aromatic nitrogens is 4. The largest absolute Gasteiger partial charge is 0.328 e. The second kappa shape index (κ2) is 6.45. The van der Waals surface area contributed by atoms with Crippen molar-refractivity contribution in [3.8, 4) is 11.1 Å². The minimum Gasteiger partial charge on any atom is -0.328 e. The van der Waals surface area contributed by atoms with Gasteiger partial charge in [-0.2, -0.15) is 0 Å². The Labute approximate surface area is 164 Å². The highest BCUT2D eigenvalue weighted by atomic mass is 15.2. The van der Waals surface area contributed by atoms with Crippen LogP contribution in [0.4, 0.5) is 0 Å². The number of nitrogens with zero attached hydrogens (tertiary/aromatic N) is 5. The third-order valence-electron chi connectivity index (χ3n) is 6.54. The van der Waals surface area contributed by atoms with E-state index in [0.29, 0.717) is 6.04 Å². The second-order valence-corrected chi connectivity index (χ2v) is 8.24. The lowest BCUT2D eigenvalue weighted by molar-refractivity contribution is 0.135. The molecule has 0 N–H and O–H groups in total. The number of aryl methyl sites for hydroxylation is 1. The van der Waals surface area contributed by atoms with Crippen LogP contribution in [0, 0.1) is 0 Å². The summed E-state index contributed by atoms with van der Waals surface area (Å²) >= 11 is 0. The van der Waals surface area contributed by atoms with E-state index in [4.69, 9.17) is 4.98 Å². The van der Waals surface area contributed by atoms with E-state index in [1.165, 1.54) is 61.2 Å². The lowest BCUT2D eigenvalue weighted by Crippen LogP contribution is -2.43. The third kappa shape index (κ3) is 2.65. The smallest absolute Gasteiger partial charge is 0.136 e. The van der Waals surface area contributed by atoms with E-state index in [-0.39, 0.29) is 0 Å². The summed E-state index contributed by atoms with van der Waals surface area (Å²) in [4.78, 5) is 12.1. The van der Waals surface area contributed by atoms with E-state index in [0.717, 1.165) is 24.1 Å². The van der Waals surface area contributed by atoms with Crippen LogP contribution in [0.2, 0.25) is 0 Å². The second-order valence-electron chi connectivity index (χ2n) is 8.24. The van der Waals surface area contributed by atoms with E-state index < -0.39 is 0 Å². The van der Waals surface area contributed by atoms with Crippen molar-refractivity contribution in [3.05, 3.63) is 54.7 Å². The van der Waals surface area contributed by atoms with E-state index in [1.807, 2.05) is 12.4 Å². The summed E-state index contributed by atoms with van der Waals surface area (Å²) in [7, 11) is 0. The predicted molar refractivity (Wildman–Crippen MR) is 111 cm³/mol. The molecule has 1 unspecified atom stereocenters. The van der Waals surface area contributed by atoms with Crippen LogP contribution in [-0.2, 0) is 13.0 Å². The van der Waals surface area contributed by atoms with Crippen molar-refractivity contribution < 1.29 is 0 Å². The van der Waals surface area contributed by atoms with Crippen LogP contribution in [0.25, 0.3) is 27.8 Å². The molecule has 142 valence electrons. The standard InChI is InChI=1S/C23H25N5/c1-2-10-26-11-3-12-28-21-7-5-17(14-20(21)25-23(28)15-19(26)4-1)18-6-8-22-24-9-13-27(22)16-18/h5-9,13-14,16,19H,1-4,10-12,15H2. The molecule has 1 saturated heterocycles. The number of rotatable bonds is 1. The third-order valence-corrected chi connectivity index (χ3v) is 6.54. The van der Waals surface area contributed by atoms with Gasteiger partial charge in [0.1, 0.15) is 11.5 Å². The first-order valence-electron chi connectivity index (χ1n) is 10.5. The topological polar surface area (TPSA) is 38.4 Å². The molecule has 5 heterocycles. The number of pyridine rings is 1. The molecule has 1 fully saturated rings. The lowest BCUT2D eigenvalue weighted by atomic mass is 9.98. The van der Waals surface area contributed by atoms with Gasteiger partial charge in [-0.05, 0) is 61.2 Å². The van der Waals surface area contributed by atoms with Gasteiger partial charge in [-0.1, -0.05) is 12.5 Å². The van der Waals surface area contributed by atoms with E-state index >= 15 is 0 Å². The molecule has 0 amide bonds. The number of imidazole rings is 2. The highest BCUT2D eigenvalue weighted by Gasteiger charge is 2.26. The Morgan fingerprint density at radius 2 is 1.86 bits per heavy atom. The number of fused-ring (bicyclic) bond motifs is 5. The first-order valence-corrected chi connectivity index (χ1v) is 10.5. The summed E-state index contributed by atoms with van der Waals surface area (Å²) in [5.41, 5.74) is 5.81. The van der Waals surface area contributed by atoms with Crippen molar-refractivity contribution in [2.45, 2.75) is 44.7 Å². The van der Waals surface area contributed by atoms with Crippen LogP contribution in [0.1, 0.15) is 31.5 Å². The van der Waals surface area contributed by atoms with Crippen molar-refractivity contribution in [1.82, 2.24) is 23.8 Å². The summed E-state index contributed by atoms with van der Waals surface area (Å²) in [5.74, 6) is 1.27. The molecule has 0 aliphatic carbocycles. The molecule has 0 bridgehead atoms. The van der Waals surface area contributed by atoms with Crippen molar-refractivity contribution in [2.75, 3.05) is 13.1 Å². The summed E-state index contributed by atoms with van der Waals surface area (Å²) in [6, 6.07) is 11.6. The molecule has 3 aromatic heterocycles. The lowest BCUT2D eigenvalue weighted by Gasteiger charge is -2.37. The Hall–Kier alpha value is -2.66. The summed E-state index contributed by atoms with van der Waals surface area (Å²) in [6.07, 6.45) is 12.3. The van der Waals surface area contributed by atoms with Crippen LogP contribution < -0.4 is 0 Å². The van der Waals surface area contributed by atoms with Crippen LogP contribution >= 0.6 is 0 Å². The molecule has 5 nitrogen and oxygen atoms in total. The molecule has 5 heteroatoms. The normalized spacial score (nSPS) is 20.6. The van der Waals surface area contributed by atoms with Gasteiger partial charge in [0.2, 0.25) is 0 Å². The first kappa shape index (κ1) is 16.3. The zero-order valence-corrected chi connectivity index (χ0v) is 16.1. The molecular formula is C23H25N5. The number of hydrogen-bond donors (Lipinski definition) is 0. The zero-order chi connectivity index (χ0) is 18.5. The molecule has 0 radical (unpaired) electrons. The molecule has 2 aliphatic rings. The minimum absolute atomic E-state index is 0.674. The van der Waals surface area contributed by atoms with Gasteiger partial charge < -0.3 is 8.97 Å². The van der Waals surface area contributed by atoms with Gasteiger partial charge in [-0.25, -0.2) is 9.97 Å². The average Bonchev–Trinajstić information content (AvgIpc) is 3.30. The van der Waals surface area contributed by atoms with Crippen molar-refractivity contribution in [1.29, 1.82) is 0 Å². The molecule has 0 saturated carbocycles. The predicted octanol–water partition coefficient (Wildman–Crippen LogP) is 4.15. The molecular weight excluding hydrogens is 346 g/mol. The summed E-state index contributed by atoms with van der Waals surface area (Å²) < 4.78 is 4.55. The van der Waals surface area contributed by atoms with Gasteiger partial charge in [0, 0.05) is 44.1 Å². The molecule has 28 heavy (non-hydrogen) atoms. The molecule has 2 aliphatic heterocycles. The molecule has 4 aromatic rings. The van der Waals surface area contributed by atoms with Gasteiger partial charge in [0.05, 0.1) is 11.0 Å². The summed E-state index contributed by atoms with van der Waals surface area (Å²) in [5, 5.41) is 0. The van der Waals surface area contributed by atoms with E-state index in [2.05, 4.69) is 55.4 Å². The van der Waals surface area contributed by atoms with Crippen LogP contribution in [0.5, 0.6) is 0 Å². The maximum absolute atomic E-state index is 5.10. The monoisotopic (exact) mass is 371 g/mol. The fourth-order valence-corrected chi connectivity index (χ4v) is 5.08. The number of hydrogen-bond acceptors (Lipinski definition) is 3. The summed E-state index contributed by atoms with van der Waals surface area (Å²) in [6.45, 7) is 3.58. The van der Waals surface area contributed by atoms with Gasteiger partial charge in [0.25, 0.3) is 0 Å². The highest BCUT2D eigenvalue weighted by Crippen LogP contribution is 2.29. The first-order chi connectivity index (χ1) is 13.8. The maximum atomic E-state index is 5.10. The number of piperidine rings is 1. The Morgan fingerprint density at radius 3 is 2.86 bits per heavy atom. The zero-order valence-electron chi connectivity index (χ0n) is 16.1. The van der Waals surface area contributed by atoms with Crippen LogP contribution in [-0.4, -0.2) is 43.0 Å². The van der Waals surface area contributed by atoms with Gasteiger partial charge in [0.15, 0.2) is 0 Å². The van der Waals surface area contributed by atoms with E-state index in [9.17, 15) is 0 Å². The molecule has 0 spiro atoms. The van der Waals surface area contributed by atoms with Gasteiger partial charge in [-0.3, -0.25) is 4.90 Å². The van der Waals surface area contributed by atoms with Gasteiger partial charge >= 0.3 is 0 Å². The fourth-order valence-electron chi connectivity index (χ4n) is 5.08. The number of benzene rings is 1. The van der Waals surface area contributed by atoms with Crippen molar-refractivity contribution >= 4 is 16.7 Å². The molecule has 1 atom stereocenters. The SMILES string of the molecule is c1cn2cc(-c3ccc4c(c3)nc3n4CCCN4CCCCC4C3)ccc2n1. The maximum Gasteiger partial charge on any atom is 0.136 e. The van der Waals surface area contributed by atoms with Crippen molar-refractivity contribution in [3.63, 3.8) is 0 Å². The highest BCUT2D eigenvalue weighted by molar-refractivity contribution is 5.82. The van der Waals surface area contributed by atoms with Gasteiger partial charge in [-0.15, -0.1) is 0 Å². The Kier molecular flexibility index (Phi) is 3.76. The molecule has 1 aromatic carbocycles. The van der Waals surface area contributed by atoms with E-state index in [1.54, 1.807) is 0 Å². The Balaban J connectivity index is 1.41. The Bertz CT molecular complexity index is 1150.